The molecule has 0 saturated heterocycles. The van der Waals surface area contributed by atoms with Crippen LogP contribution in [0.25, 0.3) is 0 Å². The average Bonchev–Trinajstić information content (AvgIpc) is 2.46. The first-order valence-corrected chi connectivity index (χ1v) is 6.19. The molecule has 0 amide bonds. The number of ether oxygens (including phenoxy) is 2. The molecule has 0 radical (unpaired) electrons. The highest BCUT2D eigenvalue weighted by Gasteiger charge is 2.08. The van der Waals surface area contributed by atoms with Crippen LogP contribution in [-0.2, 0) is 11.3 Å². The number of rotatable bonds is 5. The number of benzene rings is 1. The van der Waals surface area contributed by atoms with Gasteiger partial charge in [0.25, 0.3) is 0 Å². The molecule has 0 spiro atoms. The maximum absolute atomic E-state index is 13.0. The molecule has 0 unspecified atom stereocenters. The Morgan fingerprint density at radius 3 is 2.90 bits per heavy atom. The van der Waals surface area contributed by atoms with Crippen molar-refractivity contribution < 1.29 is 18.7 Å². The van der Waals surface area contributed by atoms with E-state index in [2.05, 4.69) is 4.98 Å². The fourth-order valence-electron chi connectivity index (χ4n) is 1.60. The molecule has 0 bridgehead atoms. The van der Waals surface area contributed by atoms with E-state index < -0.39 is 5.97 Å². The number of halogens is 1. The summed E-state index contributed by atoms with van der Waals surface area (Å²) in [6, 6.07) is 9.20. The second kappa shape index (κ2) is 6.65. The fourth-order valence-corrected chi connectivity index (χ4v) is 1.60. The van der Waals surface area contributed by atoms with Crippen LogP contribution in [0, 0.1) is 5.82 Å². The lowest BCUT2D eigenvalue weighted by Crippen LogP contribution is -2.08. The van der Waals surface area contributed by atoms with Crippen LogP contribution in [-0.4, -0.2) is 17.6 Å². The molecule has 1 aromatic carbocycles. The van der Waals surface area contributed by atoms with Gasteiger partial charge in [-0.1, -0.05) is 6.07 Å². The minimum atomic E-state index is -0.472. The Kier molecular flexibility index (Phi) is 4.65. The van der Waals surface area contributed by atoms with Crippen LogP contribution in [0.2, 0.25) is 0 Å². The van der Waals surface area contributed by atoms with E-state index in [-0.39, 0.29) is 18.1 Å². The van der Waals surface area contributed by atoms with Crippen LogP contribution in [0.4, 0.5) is 4.39 Å². The van der Waals surface area contributed by atoms with Gasteiger partial charge in [0, 0.05) is 12.3 Å². The molecule has 5 heteroatoms. The third-order valence-electron chi connectivity index (χ3n) is 2.51. The number of carbonyl (C=O) groups excluding carboxylic acids is 1. The lowest BCUT2D eigenvalue weighted by atomic mass is 10.2. The molecule has 1 heterocycles. The first-order chi connectivity index (χ1) is 9.69. The molecule has 0 fully saturated rings. The van der Waals surface area contributed by atoms with Gasteiger partial charge in [-0.2, -0.15) is 0 Å². The summed E-state index contributed by atoms with van der Waals surface area (Å²) in [5.74, 6) is -0.399. The monoisotopic (exact) mass is 275 g/mol. The molecule has 0 atom stereocenters. The van der Waals surface area contributed by atoms with Crippen molar-refractivity contribution in [2.45, 2.75) is 13.5 Å². The zero-order valence-corrected chi connectivity index (χ0v) is 11.0. The normalized spacial score (nSPS) is 10.1. The number of carbonyl (C=O) groups is 1. The van der Waals surface area contributed by atoms with Gasteiger partial charge >= 0.3 is 5.97 Å². The topological polar surface area (TPSA) is 48.4 Å². The summed E-state index contributed by atoms with van der Waals surface area (Å²) < 4.78 is 23.3. The Bertz CT molecular complexity index is 601. The van der Waals surface area contributed by atoms with E-state index in [0.717, 1.165) is 5.56 Å². The van der Waals surface area contributed by atoms with Gasteiger partial charge in [-0.3, -0.25) is 0 Å². The number of hydrogen-bond donors (Lipinski definition) is 0. The smallest absolute Gasteiger partial charge is 0.356 e. The minimum absolute atomic E-state index is 0.221. The fraction of sp³-hybridized carbons (Fsp3) is 0.200. The largest absolute Gasteiger partial charge is 0.489 e. The van der Waals surface area contributed by atoms with Gasteiger partial charge in [-0.25, -0.2) is 14.2 Å². The van der Waals surface area contributed by atoms with E-state index in [1.165, 1.54) is 18.3 Å². The molecule has 4 nitrogen and oxygen atoms in total. The third kappa shape index (κ3) is 3.78. The molecular formula is C15H14FNO3. The Morgan fingerprint density at radius 1 is 1.30 bits per heavy atom. The average molecular weight is 275 g/mol. The standard InChI is InChI=1S/C15H14FNO3/c1-2-19-15(18)14-8-11(6-7-17-14)10-20-13-5-3-4-12(16)9-13/h3-9H,2,10H2,1H3. The predicted octanol–water partition coefficient (Wildman–Crippen LogP) is 2.98. The van der Waals surface area contributed by atoms with Crippen LogP contribution in [0.15, 0.2) is 42.6 Å². The van der Waals surface area contributed by atoms with Gasteiger partial charge in [-0.15, -0.1) is 0 Å². The zero-order chi connectivity index (χ0) is 14.4. The Balaban J connectivity index is 2.03. The van der Waals surface area contributed by atoms with E-state index in [1.807, 2.05) is 0 Å². The lowest BCUT2D eigenvalue weighted by molar-refractivity contribution is 0.0519. The predicted molar refractivity (Wildman–Crippen MR) is 70.9 cm³/mol. The molecule has 2 rings (SSSR count). The first-order valence-electron chi connectivity index (χ1n) is 6.19. The number of esters is 1. The number of nitrogens with zero attached hydrogens (tertiary/aromatic N) is 1. The molecule has 0 aliphatic heterocycles. The van der Waals surface area contributed by atoms with Crippen molar-refractivity contribution in [1.82, 2.24) is 4.98 Å². The van der Waals surface area contributed by atoms with Crippen LogP contribution >= 0.6 is 0 Å². The summed E-state index contributed by atoms with van der Waals surface area (Å²) in [4.78, 5) is 15.5. The summed E-state index contributed by atoms with van der Waals surface area (Å²) in [6.07, 6.45) is 1.51. The minimum Gasteiger partial charge on any atom is -0.489 e. The second-order valence-electron chi connectivity index (χ2n) is 4.02. The summed E-state index contributed by atoms with van der Waals surface area (Å²) in [5, 5.41) is 0. The maximum atomic E-state index is 13.0. The zero-order valence-electron chi connectivity index (χ0n) is 11.0. The van der Waals surface area contributed by atoms with E-state index in [0.29, 0.717) is 12.4 Å². The quantitative estimate of drug-likeness (QED) is 0.787. The van der Waals surface area contributed by atoms with Crippen molar-refractivity contribution >= 4 is 5.97 Å². The molecule has 2 aromatic rings. The van der Waals surface area contributed by atoms with Gasteiger partial charge in [0.2, 0.25) is 0 Å². The molecule has 1 aromatic heterocycles. The highest BCUT2D eigenvalue weighted by atomic mass is 19.1. The van der Waals surface area contributed by atoms with Crippen LogP contribution < -0.4 is 4.74 Å². The molecule has 104 valence electrons. The van der Waals surface area contributed by atoms with Gasteiger partial charge < -0.3 is 9.47 Å². The molecule has 0 aliphatic carbocycles. The molecular weight excluding hydrogens is 261 g/mol. The Hall–Kier alpha value is -2.43. The van der Waals surface area contributed by atoms with Gasteiger partial charge in [0.1, 0.15) is 23.9 Å². The van der Waals surface area contributed by atoms with Crippen molar-refractivity contribution in [3.63, 3.8) is 0 Å². The summed E-state index contributed by atoms with van der Waals surface area (Å²) in [5.41, 5.74) is 0.986. The summed E-state index contributed by atoms with van der Waals surface area (Å²) in [6.45, 7) is 2.25. The van der Waals surface area contributed by atoms with E-state index in [4.69, 9.17) is 9.47 Å². The number of pyridine rings is 1. The van der Waals surface area contributed by atoms with Crippen molar-refractivity contribution in [3.8, 4) is 5.75 Å². The Labute approximate surface area is 116 Å². The van der Waals surface area contributed by atoms with E-state index in [1.54, 1.807) is 31.2 Å². The van der Waals surface area contributed by atoms with Gasteiger partial charge in [0.05, 0.1) is 6.61 Å². The first kappa shape index (κ1) is 14.0. The summed E-state index contributed by atoms with van der Waals surface area (Å²) in [7, 11) is 0. The van der Waals surface area contributed by atoms with E-state index in [9.17, 15) is 9.18 Å². The van der Waals surface area contributed by atoms with Crippen LogP contribution in [0.3, 0.4) is 0 Å². The van der Waals surface area contributed by atoms with Crippen molar-refractivity contribution in [2.24, 2.45) is 0 Å². The highest BCUT2D eigenvalue weighted by Crippen LogP contribution is 2.14. The number of aromatic nitrogens is 1. The molecule has 0 N–H and O–H groups in total. The maximum Gasteiger partial charge on any atom is 0.356 e. The summed E-state index contributed by atoms with van der Waals surface area (Å²) >= 11 is 0. The van der Waals surface area contributed by atoms with Crippen molar-refractivity contribution in [3.05, 3.63) is 59.7 Å². The van der Waals surface area contributed by atoms with Gasteiger partial charge in [-0.05, 0) is 36.8 Å². The van der Waals surface area contributed by atoms with Gasteiger partial charge in [0.15, 0.2) is 0 Å². The third-order valence-corrected chi connectivity index (χ3v) is 2.51. The number of hydrogen-bond acceptors (Lipinski definition) is 4. The molecule has 0 saturated carbocycles. The second-order valence-corrected chi connectivity index (χ2v) is 4.02. The SMILES string of the molecule is CCOC(=O)c1cc(COc2cccc(F)c2)ccn1. The van der Waals surface area contributed by atoms with Crippen LogP contribution in [0.1, 0.15) is 23.0 Å². The Morgan fingerprint density at radius 2 is 2.15 bits per heavy atom. The van der Waals surface area contributed by atoms with E-state index >= 15 is 0 Å². The van der Waals surface area contributed by atoms with Crippen LogP contribution in [0.5, 0.6) is 5.75 Å². The molecule has 0 aliphatic rings. The lowest BCUT2D eigenvalue weighted by Gasteiger charge is -2.07. The van der Waals surface area contributed by atoms with Crippen molar-refractivity contribution in [1.29, 1.82) is 0 Å². The van der Waals surface area contributed by atoms with Crippen molar-refractivity contribution in [2.75, 3.05) is 6.61 Å². The highest BCUT2D eigenvalue weighted by molar-refractivity contribution is 5.87. The molecule has 20 heavy (non-hydrogen) atoms.